The van der Waals surface area contributed by atoms with Crippen molar-refractivity contribution in [3.05, 3.63) is 12.2 Å². The molecule has 6 heteroatoms. The summed E-state index contributed by atoms with van der Waals surface area (Å²) >= 11 is 0. The molecule has 0 aliphatic rings. The minimum Gasteiger partial charge on any atom is -0.550 e. The topological polar surface area (TPSA) is 80.3 Å². The van der Waals surface area contributed by atoms with Gasteiger partial charge in [-0.15, -0.1) is 0 Å². The van der Waals surface area contributed by atoms with Crippen LogP contribution in [0.4, 0.5) is 0 Å². The Balaban J connectivity index is -0.00000264. The van der Waals surface area contributed by atoms with E-state index in [1.54, 1.807) is 6.08 Å². The van der Waals surface area contributed by atoms with E-state index in [0.717, 1.165) is 12.8 Å². The molecule has 140 valence electrons. The van der Waals surface area contributed by atoms with Gasteiger partial charge in [-0.25, -0.2) is 0 Å². The van der Waals surface area contributed by atoms with E-state index in [1.807, 2.05) is 6.08 Å². The number of hydrogen-bond donors (Lipinski definition) is 0. The van der Waals surface area contributed by atoms with Crippen LogP contribution in [0.2, 0.25) is 0 Å². The predicted octanol–water partition coefficient (Wildman–Crippen LogP) is -2.85. The quantitative estimate of drug-likeness (QED) is 0.145. The standard InChI is InChI=1S/C20H36O4.2K/c1-2-3-4-5-6-7-8-9-10-11-12-13-14-15-16-18(20(23)24)17-19(21)22;;/h14-15,18H,2-13,16-17H2,1H3,(H,21,22)(H,23,24);;/q;2*+1/p-2. The van der Waals surface area contributed by atoms with Gasteiger partial charge in [-0.1, -0.05) is 83.3 Å². The fraction of sp³-hybridized carbons (Fsp3) is 0.800. The molecular formula is C20H34K2O4. The Bertz CT molecular complexity index is 360. The third-order valence-electron chi connectivity index (χ3n) is 4.31. The summed E-state index contributed by atoms with van der Waals surface area (Å²) < 4.78 is 0. The number of carboxylic acid groups (broad SMARTS) is 2. The SMILES string of the molecule is CCCCCCCCCCCCCC=CCC(CC(=O)[O-])C(=O)[O-].[K+].[K+]. The minimum absolute atomic E-state index is 0. The Kier molecular flexibility index (Phi) is 31.3. The van der Waals surface area contributed by atoms with Crippen LogP contribution in [0, 0.1) is 5.92 Å². The van der Waals surface area contributed by atoms with Crippen molar-refractivity contribution < 1.29 is 123 Å². The smallest absolute Gasteiger partial charge is 0.550 e. The van der Waals surface area contributed by atoms with Crippen LogP contribution in [0.15, 0.2) is 12.2 Å². The van der Waals surface area contributed by atoms with Crippen molar-refractivity contribution in [2.24, 2.45) is 5.92 Å². The van der Waals surface area contributed by atoms with Gasteiger partial charge in [0.15, 0.2) is 0 Å². The average molecular weight is 417 g/mol. The molecule has 0 rings (SSSR count). The van der Waals surface area contributed by atoms with E-state index in [9.17, 15) is 19.8 Å². The first-order valence-electron chi connectivity index (χ1n) is 9.63. The number of rotatable bonds is 17. The zero-order valence-corrected chi connectivity index (χ0v) is 23.5. The number of carboxylic acids is 2. The summed E-state index contributed by atoms with van der Waals surface area (Å²) in [6.07, 6.45) is 18.7. The van der Waals surface area contributed by atoms with E-state index in [-0.39, 0.29) is 109 Å². The van der Waals surface area contributed by atoms with Crippen LogP contribution >= 0.6 is 0 Å². The first kappa shape index (κ1) is 32.6. The molecule has 0 bridgehead atoms. The molecule has 0 spiro atoms. The van der Waals surface area contributed by atoms with Gasteiger partial charge in [-0.05, 0) is 25.7 Å². The van der Waals surface area contributed by atoms with E-state index in [1.165, 1.54) is 64.2 Å². The van der Waals surface area contributed by atoms with Crippen molar-refractivity contribution in [3.8, 4) is 0 Å². The summed E-state index contributed by atoms with van der Waals surface area (Å²) in [4.78, 5) is 21.2. The molecule has 0 aromatic heterocycles. The second kappa shape index (κ2) is 25.0. The van der Waals surface area contributed by atoms with Crippen LogP contribution in [0.25, 0.3) is 0 Å². The van der Waals surface area contributed by atoms with Crippen molar-refractivity contribution in [2.45, 2.75) is 96.8 Å². The average Bonchev–Trinajstić information content (AvgIpc) is 2.53. The van der Waals surface area contributed by atoms with Crippen molar-refractivity contribution >= 4 is 11.9 Å². The van der Waals surface area contributed by atoms with Gasteiger partial charge in [0.1, 0.15) is 0 Å². The second-order valence-electron chi connectivity index (χ2n) is 6.62. The maximum atomic E-state index is 10.8. The van der Waals surface area contributed by atoms with Gasteiger partial charge in [0, 0.05) is 17.9 Å². The maximum absolute atomic E-state index is 10.8. The number of unbranched alkanes of at least 4 members (excludes halogenated alkanes) is 11. The van der Waals surface area contributed by atoms with Crippen molar-refractivity contribution in [2.75, 3.05) is 0 Å². The third-order valence-corrected chi connectivity index (χ3v) is 4.31. The number of carbonyl (C=O) groups excluding carboxylic acids is 2. The molecule has 0 radical (unpaired) electrons. The number of carbonyl (C=O) groups is 2. The normalized spacial score (nSPS) is 11.6. The fourth-order valence-corrected chi connectivity index (χ4v) is 2.77. The van der Waals surface area contributed by atoms with Crippen LogP contribution in [0.1, 0.15) is 96.8 Å². The van der Waals surface area contributed by atoms with E-state index < -0.39 is 24.3 Å². The van der Waals surface area contributed by atoms with Gasteiger partial charge >= 0.3 is 103 Å². The Morgan fingerprint density at radius 3 is 1.65 bits per heavy atom. The molecular weight excluding hydrogens is 382 g/mol. The van der Waals surface area contributed by atoms with Crippen LogP contribution < -0.4 is 113 Å². The second-order valence-corrected chi connectivity index (χ2v) is 6.62. The number of aliphatic carboxylic acids is 2. The number of allylic oxidation sites excluding steroid dienone is 2. The summed E-state index contributed by atoms with van der Waals surface area (Å²) in [7, 11) is 0. The molecule has 1 unspecified atom stereocenters. The van der Waals surface area contributed by atoms with Gasteiger partial charge in [0.25, 0.3) is 0 Å². The van der Waals surface area contributed by atoms with Gasteiger partial charge < -0.3 is 19.8 Å². The first-order valence-corrected chi connectivity index (χ1v) is 9.63. The number of hydrogen-bond acceptors (Lipinski definition) is 4. The Labute approximate surface area is 245 Å². The molecule has 0 aliphatic carbocycles. The minimum atomic E-state index is -1.34. The molecule has 0 heterocycles. The third kappa shape index (κ3) is 24.0. The molecule has 26 heavy (non-hydrogen) atoms. The molecule has 1 atom stereocenters. The molecule has 0 aromatic rings. The van der Waals surface area contributed by atoms with Crippen molar-refractivity contribution in [1.82, 2.24) is 0 Å². The molecule has 0 saturated heterocycles. The predicted molar refractivity (Wildman–Crippen MR) is 93.0 cm³/mol. The Hall–Kier alpha value is 1.95. The van der Waals surface area contributed by atoms with Crippen molar-refractivity contribution in [3.63, 3.8) is 0 Å². The first-order chi connectivity index (χ1) is 11.6. The van der Waals surface area contributed by atoms with E-state index in [2.05, 4.69) is 6.92 Å². The van der Waals surface area contributed by atoms with Crippen LogP contribution in [0.5, 0.6) is 0 Å². The van der Waals surface area contributed by atoms with Crippen LogP contribution in [-0.2, 0) is 9.59 Å². The Morgan fingerprint density at radius 1 is 0.769 bits per heavy atom. The summed E-state index contributed by atoms with van der Waals surface area (Å²) in [6, 6.07) is 0. The molecule has 0 aliphatic heterocycles. The zero-order valence-electron chi connectivity index (χ0n) is 17.3. The maximum Gasteiger partial charge on any atom is 1.00 e. The van der Waals surface area contributed by atoms with Crippen molar-refractivity contribution in [1.29, 1.82) is 0 Å². The van der Waals surface area contributed by atoms with E-state index in [4.69, 9.17) is 0 Å². The summed E-state index contributed by atoms with van der Waals surface area (Å²) in [5.41, 5.74) is 0. The summed E-state index contributed by atoms with van der Waals surface area (Å²) in [5.74, 6) is -3.65. The van der Waals surface area contributed by atoms with Gasteiger partial charge in [-0.2, -0.15) is 0 Å². The van der Waals surface area contributed by atoms with E-state index in [0.29, 0.717) is 0 Å². The van der Waals surface area contributed by atoms with Crippen LogP contribution in [-0.4, -0.2) is 11.9 Å². The fourth-order valence-electron chi connectivity index (χ4n) is 2.77. The molecule has 4 nitrogen and oxygen atoms in total. The zero-order chi connectivity index (χ0) is 18.0. The molecule has 0 aromatic carbocycles. The molecule has 0 amide bonds. The summed E-state index contributed by atoms with van der Waals surface area (Å²) in [6.45, 7) is 2.24. The molecule has 0 N–H and O–H groups in total. The van der Waals surface area contributed by atoms with Gasteiger partial charge in [0.2, 0.25) is 0 Å². The van der Waals surface area contributed by atoms with E-state index >= 15 is 0 Å². The largest absolute Gasteiger partial charge is 1.00 e. The Morgan fingerprint density at radius 2 is 1.23 bits per heavy atom. The summed E-state index contributed by atoms with van der Waals surface area (Å²) in [5, 5.41) is 21.2. The molecule has 0 saturated carbocycles. The molecule has 0 fully saturated rings. The monoisotopic (exact) mass is 416 g/mol. The van der Waals surface area contributed by atoms with Crippen LogP contribution in [0.3, 0.4) is 0 Å². The van der Waals surface area contributed by atoms with Gasteiger partial charge in [-0.3, -0.25) is 0 Å². The van der Waals surface area contributed by atoms with Gasteiger partial charge in [0.05, 0.1) is 0 Å².